The van der Waals surface area contributed by atoms with E-state index in [-0.39, 0.29) is 33.8 Å². The molecule has 0 bridgehead atoms. The number of unbranched alkanes of at least 4 members (excludes halogenated alkanes) is 1. The predicted octanol–water partition coefficient (Wildman–Crippen LogP) is 5.49. The van der Waals surface area contributed by atoms with Crippen molar-refractivity contribution >= 4 is 39.1 Å². The summed E-state index contributed by atoms with van der Waals surface area (Å²) in [5.41, 5.74) is 2.80. The summed E-state index contributed by atoms with van der Waals surface area (Å²) in [6, 6.07) is 17.7. The van der Waals surface area contributed by atoms with E-state index in [9.17, 15) is 18.0 Å². The van der Waals surface area contributed by atoms with Crippen LogP contribution in [0.25, 0.3) is 0 Å². The van der Waals surface area contributed by atoms with Gasteiger partial charge < -0.3 is 15.0 Å². The molecular formula is C31H38ClN3O5S. The number of carbonyl (C=O) groups excluding carboxylic acids is 2. The van der Waals surface area contributed by atoms with Crippen molar-refractivity contribution in [3.63, 3.8) is 0 Å². The van der Waals surface area contributed by atoms with E-state index in [4.69, 9.17) is 16.3 Å². The zero-order valence-corrected chi connectivity index (χ0v) is 25.8. The van der Waals surface area contributed by atoms with Crippen molar-refractivity contribution in [2.75, 3.05) is 24.5 Å². The minimum absolute atomic E-state index is 0.00809. The molecule has 1 atom stereocenters. The Morgan fingerprint density at radius 2 is 1.71 bits per heavy atom. The maximum Gasteiger partial charge on any atom is 0.264 e. The van der Waals surface area contributed by atoms with Gasteiger partial charge in [-0.1, -0.05) is 66.9 Å². The minimum atomic E-state index is -4.25. The van der Waals surface area contributed by atoms with E-state index < -0.39 is 28.5 Å². The van der Waals surface area contributed by atoms with Crippen molar-refractivity contribution in [2.45, 2.75) is 58.0 Å². The normalized spacial score (nSPS) is 12.0. The molecule has 0 aromatic heterocycles. The standard InChI is InChI=1S/C31H38ClN3O5S/c1-6-7-18-33-31(37)24(4)34(20-25-11-9-8-10-23(25)3)30(36)21-35(28-19-26(32)14-17-29(28)40-5)41(38,39)27-15-12-22(2)13-16-27/h8-17,19,24H,6-7,18,20-21H2,1-5H3,(H,33,37). The maximum atomic E-state index is 14.1. The lowest BCUT2D eigenvalue weighted by Crippen LogP contribution is -2.51. The second kappa shape index (κ2) is 14.4. The van der Waals surface area contributed by atoms with E-state index in [0.717, 1.165) is 33.8 Å². The highest BCUT2D eigenvalue weighted by atomic mass is 35.5. The Morgan fingerprint density at radius 3 is 2.34 bits per heavy atom. The molecule has 10 heteroatoms. The van der Waals surface area contributed by atoms with Crippen LogP contribution in [-0.4, -0.2) is 51.4 Å². The number of aryl methyl sites for hydroxylation is 2. The van der Waals surface area contributed by atoms with Crippen molar-refractivity contribution in [2.24, 2.45) is 0 Å². The Hall–Kier alpha value is -3.56. The van der Waals surface area contributed by atoms with E-state index in [0.29, 0.717) is 6.54 Å². The Labute approximate surface area is 248 Å². The van der Waals surface area contributed by atoms with Crippen molar-refractivity contribution in [3.8, 4) is 5.75 Å². The van der Waals surface area contributed by atoms with Gasteiger partial charge >= 0.3 is 0 Å². The van der Waals surface area contributed by atoms with Crippen LogP contribution in [0.4, 0.5) is 5.69 Å². The molecule has 1 N–H and O–H groups in total. The molecule has 0 spiro atoms. The molecule has 0 saturated heterocycles. The van der Waals surface area contributed by atoms with Gasteiger partial charge in [-0.05, 0) is 68.7 Å². The quantitative estimate of drug-likeness (QED) is 0.262. The monoisotopic (exact) mass is 599 g/mol. The molecule has 0 radical (unpaired) electrons. The third-order valence-electron chi connectivity index (χ3n) is 6.90. The van der Waals surface area contributed by atoms with Crippen molar-refractivity contribution in [1.29, 1.82) is 0 Å². The van der Waals surface area contributed by atoms with Crippen molar-refractivity contribution in [3.05, 3.63) is 88.4 Å². The molecule has 2 amide bonds. The average molecular weight is 600 g/mol. The smallest absolute Gasteiger partial charge is 0.264 e. The number of benzene rings is 3. The van der Waals surface area contributed by atoms with Gasteiger partial charge in [0.15, 0.2) is 0 Å². The number of rotatable bonds is 13. The van der Waals surface area contributed by atoms with Crippen LogP contribution in [0, 0.1) is 13.8 Å². The van der Waals surface area contributed by atoms with Gasteiger partial charge in [0.05, 0.1) is 17.7 Å². The van der Waals surface area contributed by atoms with E-state index in [1.165, 1.54) is 30.2 Å². The van der Waals surface area contributed by atoms with Gasteiger partial charge in [0.2, 0.25) is 11.8 Å². The highest BCUT2D eigenvalue weighted by molar-refractivity contribution is 7.92. The van der Waals surface area contributed by atoms with Crippen molar-refractivity contribution < 1.29 is 22.7 Å². The molecule has 0 saturated carbocycles. The molecule has 0 aliphatic rings. The highest BCUT2D eigenvalue weighted by Crippen LogP contribution is 2.35. The Kier molecular flexibility index (Phi) is 11.2. The van der Waals surface area contributed by atoms with Gasteiger partial charge in [0, 0.05) is 18.1 Å². The summed E-state index contributed by atoms with van der Waals surface area (Å²) in [5.74, 6) is -0.633. The number of ether oxygens (including phenoxy) is 1. The first-order valence-corrected chi connectivity index (χ1v) is 15.4. The molecular weight excluding hydrogens is 562 g/mol. The molecule has 3 aromatic carbocycles. The molecule has 0 heterocycles. The van der Waals surface area contributed by atoms with Gasteiger partial charge in [-0.3, -0.25) is 13.9 Å². The zero-order valence-electron chi connectivity index (χ0n) is 24.2. The topological polar surface area (TPSA) is 96.0 Å². The largest absolute Gasteiger partial charge is 0.495 e. The summed E-state index contributed by atoms with van der Waals surface area (Å²) >= 11 is 6.29. The lowest BCUT2D eigenvalue weighted by Gasteiger charge is -2.32. The van der Waals surface area contributed by atoms with E-state index in [1.54, 1.807) is 31.2 Å². The molecule has 3 rings (SSSR count). The Balaban J connectivity index is 2.08. The summed E-state index contributed by atoms with van der Waals surface area (Å²) in [6.45, 7) is 7.49. The maximum absolute atomic E-state index is 14.1. The van der Waals surface area contributed by atoms with Crippen LogP contribution in [0.2, 0.25) is 5.02 Å². The second-order valence-electron chi connectivity index (χ2n) is 9.91. The number of hydrogen-bond donors (Lipinski definition) is 1. The predicted molar refractivity (Wildman–Crippen MR) is 163 cm³/mol. The van der Waals surface area contributed by atoms with Crippen LogP contribution >= 0.6 is 11.6 Å². The summed E-state index contributed by atoms with van der Waals surface area (Å²) in [7, 11) is -2.83. The molecule has 0 aliphatic carbocycles. The summed E-state index contributed by atoms with van der Waals surface area (Å²) < 4.78 is 34.6. The molecule has 220 valence electrons. The number of hydrogen-bond acceptors (Lipinski definition) is 5. The van der Waals surface area contributed by atoms with Gasteiger partial charge in [0.1, 0.15) is 18.3 Å². The number of amides is 2. The highest BCUT2D eigenvalue weighted by Gasteiger charge is 2.34. The van der Waals surface area contributed by atoms with E-state index in [1.807, 2.05) is 45.0 Å². The molecule has 3 aromatic rings. The number of halogens is 1. The summed E-state index contributed by atoms with van der Waals surface area (Å²) in [5, 5.41) is 3.16. The number of nitrogens with zero attached hydrogens (tertiary/aromatic N) is 2. The first-order valence-electron chi connectivity index (χ1n) is 13.5. The molecule has 0 aliphatic heterocycles. The lowest BCUT2D eigenvalue weighted by molar-refractivity contribution is -0.139. The SMILES string of the molecule is CCCCNC(=O)C(C)N(Cc1ccccc1C)C(=O)CN(c1cc(Cl)ccc1OC)S(=O)(=O)c1ccc(C)cc1. The minimum Gasteiger partial charge on any atom is -0.495 e. The number of carbonyl (C=O) groups is 2. The third kappa shape index (κ3) is 8.01. The fourth-order valence-electron chi connectivity index (χ4n) is 4.30. The Bertz CT molecular complexity index is 1460. The van der Waals surface area contributed by atoms with E-state index in [2.05, 4.69) is 5.32 Å². The van der Waals surface area contributed by atoms with Gasteiger partial charge in [-0.2, -0.15) is 0 Å². The van der Waals surface area contributed by atoms with Crippen LogP contribution in [-0.2, 0) is 26.2 Å². The first kappa shape index (κ1) is 32.0. The average Bonchev–Trinajstić information content (AvgIpc) is 2.95. The number of nitrogens with one attached hydrogen (secondary N) is 1. The van der Waals surface area contributed by atoms with Crippen LogP contribution in [0.3, 0.4) is 0 Å². The van der Waals surface area contributed by atoms with E-state index >= 15 is 0 Å². The van der Waals surface area contributed by atoms with Crippen molar-refractivity contribution in [1.82, 2.24) is 10.2 Å². The third-order valence-corrected chi connectivity index (χ3v) is 8.91. The molecule has 1 unspecified atom stereocenters. The summed E-state index contributed by atoms with van der Waals surface area (Å²) in [6.07, 6.45) is 1.72. The molecule has 0 fully saturated rings. The van der Waals surface area contributed by atoms with Gasteiger partial charge in [-0.25, -0.2) is 8.42 Å². The number of methoxy groups -OCH3 is 1. The summed E-state index contributed by atoms with van der Waals surface area (Å²) in [4.78, 5) is 28.6. The van der Waals surface area contributed by atoms with Crippen LogP contribution < -0.4 is 14.4 Å². The molecule has 8 nitrogen and oxygen atoms in total. The van der Waals surface area contributed by atoms with Crippen LogP contribution in [0.15, 0.2) is 71.6 Å². The lowest BCUT2D eigenvalue weighted by atomic mass is 10.1. The fraction of sp³-hybridized carbons (Fsp3) is 0.355. The number of anilines is 1. The Morgan fingerprint density at radius 1 is 1.02 bits per heavy atom. The zero-order chi connectivity index (χ0) is 30.2. The van der Waals surface area contributed by atoms with Gasteiger partial charge in [0.25, 0.3) is 10.0 Å². The number of sulfonamides is 1. The van der Waals surface area contributed by atoms with Gasteiger partial charge in [-0.15, -0.1) is 0 Å². The first-order chi connectivity index (χ1) is 19.5. The van der Waals surface area contributed by atoms with Crippen LogP contribution in [0.1, 0.15) is 43.4 Å². The fourth-order valence-corrected chi connectivity index (χ4v) is 5.88. The molecule has 41 heavy (non-hydrogen) atoms. The second-order valence-corrected chi connectivity index (χ2v) is 12.2. The van der Waals surface area contributed by atoms with Crippen LogP contribution in [0.5, 0.6) is 5.75 Å².